The summed E-state index contributed by atoms with van der Waals surface area (Å²) >= 11 is 0. The van der Waals surface area contributed by atoms with Crippen LogP contribution < -0.4 is 0 Å². The van der Waals surface area contributed by atoms with Crippen LogP contribution in [0.2, 0.25) is 0 Å². The van der Waals surface area contributed by atoms with Gasteiger partial charge in [0.05, 0.1) is 0 Å². The minimum absolute atomic E-state index is 0.317. The molecule has 0 aliphatic heterocycles. The summed E-state index contributed by atoms with van der Waals surface area (Å²) in [5.74, 6) is 0.607. The van der Waals surface area contributed by atoms with E-state index in [1.54, 1.807) is 0 Å². The van der Waals surface area contributed by atoms with E-state index in [1.165, 1.54) is 12.0 Å². The number of carbonyl (C=O) groups is 1. The quantitative estimate of drug-likeness (QED) is 0.439. The first-order valence-electron chi connectivity index (χ1n) is 4.20. The Balaban J connectivity index is 2.70. The van der Waals surface area contributed by atoms with Crippen molar-refractivity contribution in [1.29, 1.82) is 0 Å². The zero-order valence-electron chi connectivity index (χ0n) is 7.55. The van der Waals surface area contributed by atoms with Crippen molar-refractivity contribution in [2.45, 2.75) is 33.6 Å². The summed E-state index contributed by atoms with van der Waals surface area (Å²) in [6, 6.07) is 0. The predicted octanol–water partition coefficient (Wildman–Crippen LogP) is 2.57. The topological polar surface area (TPSA) is 17.1 Å². The Morgan fingerprint density at radius 3 is 2.73 bits per heavy atom. The highest BCUT2D eigenvalue weighted by molar-refractivity contribution is 5.55. The molecule has 62 valence electrons. The first-order valence-corrected chi connectivity index (χ1v) is 4.20. The van der Waals surface area contributed by atoms with E-state index in [0.29, 0.717) is 17.8 Å². The highest BCUT2D eigenvalue weighted by Crippen LogP contribution is 2.39. The van der Waals surface area contributed by atoms with Gasteiger partial charge in [-0.3, -0.25) is 0 Å². The van der Waals surface area contributed by atoms with Crippen molar-refractivity contribution < 1.29 is 4.79 Å². The molecule has 0 bridgehead atoms. The summed E-state index contributed by atoms with van der Waals surface area (Å²) in [4.78, 5) is 10.3. The summed E-state index contributed by atoms with van der Waals surface area (Å²) in [6.07, 6.45) is 5.08. The van der Waals surface area contributed by atoms with Crippen molar-refractivity contribution in [2.24, 2.45) is 11.3 Å². The molecule has 0 radical (unpaired) electrons. The molecular weight excluding hydrogens is 136 g/mol. The van der Waals surface area contributed by atoms with E-state index < -0.39 is 0 Å². The number of carbonyl (C=O) groups excluding carboxylic acids is 1. The first-order chi connectivity index (χ1) is 5.05. The molecule has 0 N–H and O–H groups in total. The maximum absolute atomic E-state index is 10.3. The number of hydrogen-bond donors (Lipinski definition) is 0. The fraction of sp³-hybridized carbons (Fsp3) is 0.700. The van der Waals surface area contributed by atoms with E-state index >= 15 is 0 Å². The molecule has 1 rings (SSSR count). The molecule has 0 amide bonds. The molecule has 0 saturated carbocycles. The van der Waals surface area contributed by atoms with Gasteiger partial charge in [0.2, 0.25) is 0 Å². The molecule has 0 aromatic carbocycles. The second-order valence-corrected chi connectivity index (χ2v) is 4.18. The third-order valence-corrected chi connectivity index (χ3v) is 2.36. The zero-order chi connectivity index (χ0) is 8.48. The molecule has 0 fully saturated rings. The molecule has 0 aromatic rings. The maximum Gasteiger partial charge on any atom is 0.124 e. The van der Waals surface area contributed by atoms with Gasteiger partial charge in [0.15, 0.2) is 0 Å². The van der Waals surface area contributed by atoms with E-state index in [-0.39, 0.29) is 0 Å². The lowest BCUT2D eigenvalue weighted by molar-refractivity contribution is -0.107. The van der Waals surface area contributed by atoms with Crippen molar-refractivity contribution in [3.63, 3.8) is 0 Å². The minimum atomic E-state index is 0.317. The molecule has 11 heavy (non-hydrogen) atoms. The summed E-state index contributed by atoms with van der Waals surface area (Å²) in [5.41, 5.74) is 1.64. The highest BCUT2D eigenvalue weighted by Gasteiger charge is 2.27. The molecular formula is C10H16O. The lowest BCUT2D eigenvalue weighted by Crippen LogP contribution is -2.04. The minimum Gasteiger partial charge on any atom is -0.303 e. The third-order valence-electron chi connectivity index (χ3n) is 2.36. The third kappa shape index (κ3) is 1.92. The average Bonchev–Trinajstić information content (AvgIpc) is 2.07. The van der Waals surface area contributed by atoms with Crippen LogP contribution in [0.3, 0.4) is 0 Å². The molecule has 1 atom stereocenters. The fourth-order valence-electron chi connectivity index (χ4n) is 1.98. The van der Waals surface area contributed by atoms with E-state index in [4.69, 9.17) is 0 Å². The van der Waals surface area contributed by atoms with E-state index in [0.717, 1.165) is 6.29 Å². The number of hydrogen-bond acceptors (Lipinski definition) is 1. The molecule has 0 saturated heterocycles. The maximum atomic E-state index is 10.3. The lowest BCUT2D eigenvalue weighted by atomic mass is 9.91. The summed E-state index contributed by atoms with van der Waals surface area (Å²) in [6.45, 7) is 6.65. The largest absolute Gasteiger partial charge is 0.303 e. The van der Waals surface area contributed by atoms with Crippen molar-refractivity contribution in [3.8, 4) is 0 Å². The predicted molar refractivity (Wildman–Crippen MR) is 46.3 cm³/mol. The van der Waals surface area contributed by atoms with Crippen LogP contribution in [-0.2, 0) is 4.79 Å². The SMILES string of the molecule is CC1CC(C)(C)C=C1CC=O. The van der Waals surface area contributed by atoms with Crippen molar-refractivity contribution in [2.75, 3.05) is 0 Å². The van der Waals surface area contributed by atoms with Crippen LogP contribution in [0.5, 0.6) is 0 Å². The molecule has 0 aromatic heterocycles. The standard InChI is InChI=1S/C10H16O/c1-8-6-10(2,3)7-9(8)4-5-11/h5,7-8H,4,6H2,1-3H3. The van der Waals surface area contributed by atoms with Crippen molar-refractivity contribution in [1.82, 2.24) is 0 Å². The molecule has 1 aliphatic rings. The van der Waals surface area contributed by atoms with E-state index in [1.807, 2.05) is 0 Å². The van der Waals surface area contributed by atoms with Crippen LogP contribution in [0, 0.1) is 11.3 Å². The highest BCUT2D eigenvalue weighted by atomic mass is 16.1. The van der Waals surface area contributed by atoms with Gasteiger partial charge in [-0.25, -0.2) is 0 Å². The van der Waals surface area contributed by atoms with Crippen LogP contribution in [0.4, 0.5) is 0 Å². The monoisotopic (exact) mass is 152 g/mol. The number of aldehydes is 1. The Kier molecular flexibility index (Phi) is 2.17. The van der Waals surface area contributed by atoms with E-state index in [2.05, 4.69) is 26.8 Å². The van der Waals surface area contributed by atoms with Crippen LogP contribution in [0.15, 0.2) is 11.6 Å². The lowest BCUT2D eigenvalue weighted by Gasteiger charge is -2.14. The van der Waals surface area contributed by atoms with Gasteiger partial charge in [-0.1, -0.05) is 32.4 Å². The molecule has 1 aliphatic carbocycles. The van der Waals surface area contributed by atoms with Crippen LogP contribution in [-0.4, -0.2) is 6.29 Å². The Morgan fingerprint density at radius 1 is 1.73 bits per heavy atom. The van der Waals surface area contributed by atoms with Gasteiger partial charge in [-0.15, -0.1) is 0 Å². The smallest absolute Gasteiger partial charge is 0.124 e. The number of allylic oxidation sites excluding steroid dienone is 2. The summed E-state index contributed by atoms with van der Waals surface area (Å²) < 4.78 is 0. The van der Waals surface area contributed by atoms with Crippen LogP contribution in [0.1, 0.15) is 33.6 Å². The molecule has 1 heteroatoms. The molecule has 0 spiro atoms. The normalized spacial score (nSPS) is 28.3. The second-order valence-electron chi connectivity index (χ2n) is 4.18. The van der Waals surface area contributed by atoms with Crippen molar-refractivity contribution >= 4 is 6.29 Å². The average molecular weight is 152 g/mol. The van der Waals surface area contributed by atoms with Gasteiger partial charge in [0.25, 0.3) is 0 Å². The van der Waals surface area contributed by atoms with E-state index in [9.17, 15) is 4.79 Å². The summed E-state index contributed by atoms with van der Waals surface area (Å²) in [5, 5.41) is 0. The van der Waals surface area contributed by atoms with Gasteiger partial charge in [-0.05, 0) is 17.8 Å². The Hall–Kier alpha value is -0.590. The summed E-state index contributed by atoms with van der Waals surface area (Å²) in [7, 11) is 0. The van der Waals surface area contributed by atoms with Crippen molar-refractivity contribution in [3.05, 3.63) is 11.6 Å². The van der Waals surface area contributed by atoms with Crippen LogP contribution >= 0.6 is 0 Å². The molecule has 1 nitrogen and oxygen atoms in total. The Labute approximate surface area is 68.5 Å². The van der Waals surface area contributed by atoms with Gasteiger partial charge < -0.3 is 4.79 Å². The van der Waals surface area contributed by atoms with Crippen LogP contribution in [0.25, 0.3) is 0 Å². The molecule has 0 heterocycles. The molecule has 1 unspecified atom stereocenters. The number of rotatable bonds is 2. The second kappa shape index (κ2) is 2.80. The Morgan fingerprint density at radius 2 is 2.36 bits per heavy atom. The first kappa shape index (κ1) is 8.51. The zero-order valence-corrected chi connectivity index (χ0v) is 7.55. The fourth-order valence-corrected chi connectivity index (χ4v) is 1.98. The Bertz CT molecular complexity index is 189. The van der Waals surface area contributed by atoms with Gasteiger partial charge in [0.1, 0.15) is 6.29 Å². The van der Waals surface area contributed by atoms with Gasteiger partial charge >= 0.3 is 0 Å². The van der Waals surface area contributed by atoms with Gasteiger partial charge in [-0.2, -0.15) is 0 Å². The van der Waals surface area contributed by atoms with Gasteiger partial charge in [0, 0.05) is 6.42 Å².